The Hall–Kier alpha value is -1.84. The van der Waals surface area contributed by atoms with Crippen LogP contribution >= 0.6 is 12.6 Å². The lowest BCUT2D eigenvalue weighted by Crippen LogP contribution is -2.04. The Kier molecular flexibility index (Phi) is 5.09. The van der Waals surface area contributed by atoms with Crippen molar-refractivity contribution >= 4 is 23.5 Å². The summed E-state index contributed by atoms with van der Waals surface area (Å²) in [5.41, 5.74) is 0. The molecule has 0 aromatic heterocycles. The van der Waals surface area contributed by atoms with Gasteiger partial charge in [0.15, 0.2) is 14.7 Å². The lowest BCUT2D eigenvalue weighted by molar-refractivity contribution is 0.394. The Morgan fingerprint density at radius 2 is 1.09 bits per heavy atom. The topological polar surface area (TPSA) is 9.23 Å². The molecule has 0 heterocycles. The van der Waals surface area contributed by atoms with E-state index < -0.39 is 0 Å². The van der Waals surface area contributed by atoms with Gasteiger partial charge in [-0.3, -0.25) is 0 Å². The lowest BCUT2D eigenvalue weighted by Gasteiger charge is -2.08. The maximum absolute atomic E-state index is 5.42. The normalized spacial score (nSPS) is 10.6. The summed E-state index contributed by atoms with van der Waals surface area (Å²) < 4.78 is 5.42. The van der Waals surface area contributed by atoms with Crippen molar-refractivity contribution in [3.05, 3.63) is 84.9 Å². The van der Waals surface area contributed by atoms with Crippen LogP contribution in [0.15, 0.2) is 99.6 Å². The molecule has 0 unspecified atom stereocenters. The predicted octanol–water partition coefficient (Wildman–Crippen LogP) is 5.05. The quantitative estimate of drug-likeness (QED) is 0.392. The van der Waals surface area contributed by atoms with E-state index in [4.69, 9.17) is 4.74 Å². The Morgan fingerprint density at radius 1 is 0.636 bits per heavy atom. The molecular formula is C19H17OS2+. The Bertz CT molecular complexity index is 657. The molecule has 0 aliphatic heterocycles. The van der Waals surface area contributed by atoms with Gasteiger partial charge in [-0.2, -0.15) is 0 Å². The number of thiol groups is 1. The van der Waals surface area contributed by atoms with E-state index >= 15 is 0 Å². The maximum atomic E-state index is 5.42. The van der Waals surface area contributed by atoms with Crippen molar-refractivity contribution in [2.24, 2.45) is 0 Å². The zero-order chi connectivity index (χ0) is 15.2. The van der Waals surface area contributed by atoms with E-state index in [-0.39, 0.29) is 10.9 Å². The minimum atomic E-state index is -0.101. The zero-order valence-electron chi connectivity index (χ0n) is 12.1. The van der Waals surface area contributed by atoms with Crippen LogP contribution in [0.5, 0.6) is 5.75 Å². The van der Waals surface area contributed by atoms with Crippen molar-refractivity contribution in [1.29, 1.82) is 0 Å². The molecule has 0 aliphatic rings. The molecular weight excluding hydrogens is 308 g/mol. The molecule has 0 atom stereocenters. The highest BCUT2D eigenvalue weighted by Crippen LogP contribution is 2.31. The molecule has 1 nitrogen and oxygen atoms in total. The second-order valence-corrected chi connectivity index (χ2v) is 6.96. The van der Waals surface area contributed by atoms with Crippen molar-refractivity contribution in [3.63, 3.8) is 0 Å². The minimum Gasteiger partial charge on any atom is -0.483 e. The zero-order valence-corrected chi connectivity index (χ0v) is 13.8. The Labute approximate surface area is 139 Å². The first-order valence-electron chi connectivity index (χ1n) is 7.06. The molecule has 22 heavy (non-hydrogen) atoms. The first-order chi connectivity index (χ1) is 10.9. The maximum Gasteiger partial charge on any atom is 0.166 e. The van der Waals surface area contributed by atoms with Crippen molar-refractivity contribution < 1.29 is 4.74 Å². The fraction of sp³-hybridized carbons (Fsp3) is 0.0526. The largest absolute Gasteiger partial charge is 0.483 e. The monoisotopic (exact) mass is 325 g/mol. The van der Waals surface area contributed by atoms with Gasteiger partial charge in [0.05, 0.1) is 10.9 Å². The SMILES string of the molecule is SCOc1ccc([S+](c2ccccc2)c2ccccc2)cc1. The second-order valence-electron chi connectivity index (χ2n) is 4.68. The highest BCUT2D eigenvalue weighted by Gasteiger charge is 2.27. The fourth-order valence-electron chi connectivity index (χ4n) is 2.27. The molecule has 3 aromatic rings. The molecule has 0 bridgehead atoms. The summed E-state index contributed by atoms with van der Waals surface area (Å²) in [6.07, 6.45) is 0. The standard InChI is InChI=1S/C19H16OS2/c21-15-20-16-11-13-19(14-12-16)22(17-7-3-1-4-8-17)18-9-5-2-6-10-18/h1-14H,15H2/p+1. The van der Waals surface area contributed by atoms with E-state index in [9.17, 15) is 0 Å². The molecule has 0 spiro atoms. The van der Waals surface area contributed by atoms with Crippen molar-refractivity contribution in [2.45, 2.75) is 14.7 Å². The van der Waals surface area contributed by atoms with Gasteiger partial charge in [-0.15, -0.1) is 12.6 Å². The van der Waals surface area contributed by atoms with Gasteiger partial charge in [-0.1, -0.05) is 36.4 Å². The van der Waals surface area contributed by atoms with Crippen LogP contribution in [0.25, 0.3) is 0 Å². The summed E-state index contributed by atoms with van der Waals surface area (Å²) in [5.74, 6) is 1.24. The molecule has 3 rings (SSSR count). The Balaban J connectivity index is 2.02. The van der Waals surface area contributed by atoms with Crippen LogP contribution in [-0.2, 0) is 10.9 Å². The number of hydrogen-bond acceptors (Lipinski definition) is 2. The summed E-state index contributed by atoms with van der Waals surface area (Å²) in [6, 6.07) is 29.5. The van der Waals surface area contributed by atoms with E-state index in [0.29, 0.717) is 5.94 Å². The average Bonchev–Trinajstić information content (AvgIpc) is 2.59. The first kappa shape index (κ1) is 15.1. The molecule has 3 heteroatoms. The number of rotatable bonds is 5. The second kappa shape index (κ2) is 7.43. The van der Waals surface area contributed by atoms with Crippen molar-refractivity contribution in [2.75, 3.05) is 5.94 Å². The summed E-state index contributed by atoms with van der Waals surface area (Å²) in [5, 5.41) is 0. The highest BCUT2D eigenvalue weighted by molar-refractivity contribution is 7.97. The molecule has 0 fully saturated rings. The number of ether oxygens (including phenoxy) is 1. The van der Waals surface area contributed by atoms with Crippen molar-refractivity contribution in [3.8, 4) is 5.75 Å². The number of hydrogen-bond donors (Lipinski definition) is 1. The minimum absolute atomic E-state index is 0.101. The van der Waals surface area contributed by atoms with Crippen LogP contribution in [0, 0.1) is 0 Å². The molecule has 110 valence electrons. The van der Waals surface area contributed by atoms with E-state index in [1.54, 1.807) is 0 Å². The van der Waals surface area contributed by atoms with E-state index in [1.807, 2.05) is 12.1 Å². The molecule has 0 radical (unpaired) electrons. The third-order valence-corrected chi connectivity index (χ3v) is 5.61. The molecule has 0 saturated carbocycles. The van der Waals surface area contributed by atoms with E-state index in [1.165, 1.54) is 14.7 Å². The molecule has 0 N–H and O–H groups in total. The van der Waals surface area contributed by atoms with Gasteiger partial charge >= 0.3 is 0 Å². The average molecular weight is 325 g/mol. The highest BCUT2D eigenvalue weighted by atomic mass is 32.2. The van der Waals surface area contributed by atoms with Crippen LogP contribution < -0.4 is 4.74 Å². The van der Waals surface area contributed by atoms with Gasteiger partial charge < -0.3 is 4.74 Å². The van der Waals surface area contributed by atoms with Gasteiger partial charge in [0.1, 0.15) is 11.7 Å². The van der Waals surface area contributed by atoms with E-state index in [0.717, 1.165) is 5.75 Å². The smallest absolute Gasteiger partial charge is 0.166 e. The molecule has 3 aromatic carbocycles. The van der Waals surface area contributed by atoms with Gasteiger partial charge in [-0.25, -0.2) is 0 Å². The van der Waals surface area contributed by atoms with Crippen LogP contribution in [0.4, 0.5) is 0 Å². The van der Waals surface area contributed by atoms with Crippen LogP contribution in [0.3, 0.4) is 0 Å². The van der Waals surface area contributed by atoms with Gasteiger partial charge in [0.25, 0.3) is 0 Å². The van der Waals surface area contributed by atoms with Gasteiger partial charge in [0.2, 0.25) is 0 Å². The van der Waals surface area contributed by atoms with Crippen LogP contribution in [0.1, 0.15) is 0 Å². The third kappa shape index (κ3) is 3.49. The molecule has 0 saturated heterocycles. The van der Waals surface area contributed by atoms with Crippen molar-refractivity contribution in [1.82, 2.24) is 0 Å². The van der Waals surface area contributed by atoms with Gasteiger partial charge in [0, 0.05) is 0 Å². The predicted molar refractivity (Wildman–Crippen MR) is 96.0 cm³/mol. The Morgan fingerprint density at radius 3 is 1.55 bits per heavy atom. The van der Waals surface area contributed by atoms with Crippen LogP contribution in [0.2, 0.25) is 0 Å². The lowest BCUT2D eigenvalue weighted by atomic mass is 10.3. The summed E-state index contributed by atoms with van der Waals surface area (Å²) >= 11 is 4.09. The summed E-state index contributed by atoms with van der Waals surface area (Å²) in [7, 11) is -0.101. The summed E-state index contributed by atoms with van der Waals surface area (Å²) in [6.45, 7) is 0. The van der Waals surface area contributed by atoms with E-state index in [2.05, 4.69) is 85.4 Å². The van der Waals surface area contributed by atoms with Crippen LogP contribution in [-0.4, -0.2) is 5.94 Å². The fourth-order valence-corrected chi connectivity index (χ4v) is 4.50. The summed E-state index contributed by atoms with van der Waals surface area (Å²) in [4.78, 5) is 3.91. The number of benzene rings is 3. The van der Waals surface area contributed by atoms with Gasteiger partial charge in [-0.05, 0) is 48.5 Å². The first-order valence-corrected chi connectivity index (χ1v) is 8.92. The molecule has 0 amide bonds. The third-order valence-electron chi connectivity index (χ3n) is 3.25. The molecule has 0 aliphatic carbocycles.